The van der Waals surface area contributed by atoms with Gasteiger partial charge in [-0.1, -0.05) is 44.2 Å². The van der Waals surface area contributed by atoms with Gasteiger partial charge in [-0.15, -0.1) is 36.2 Å². The van der Waals surface area contributed by atoms with Gasteiger partial charge in [-0.3, -0.25) is 4.90 Å². The van der Waals surface area contributed by atoms with Crippen molar-refractivity contribution in [3.8, 4) is 0 Å². The first-order valence-corrected chi connectivity index (χ1v) is 8.86. The number of nitrogens with two attached hydrogens (primary N) is 1. The SMILES string of the molecule is CC1(C)CN(Cc2csc(Cc3ccccc3)n2)CCC1N.Cl.Cl. The van der Waals surface area contributed by atoms with Crippen molar-refractivity contribution in [3.63, 3.8) is 0 Å². The molecule has 0 radical (unpaired) electrons. The molecule has 1 unspecified atom stereocenters. The first-order chi connectivity index (χ1) is 10.5. The van der Waals surface area contributed by atoms with Crippen molar-refractivity contribution >= 4 is 36.2 Å². The predicted molar refractivity (Wildman–Crippen MR) is 108 cm³/mol. The van der Waals surface area contributed by atoms with Crippen LogP contribution in [0.3, 0.4) is 0 Å². The van der Waals surface area contributed by atoms with Gasteiger partial charge in [0.25, 0.3) is 0 Å². The average molecular weight is 388 g/mol. The predicted octanol–water partition coefficient (Wildman–Crippen LogP) is 4.14. The van der Waals surface area contributed by atoms with Crippen LogP contribution in [0, 0.1) is 5.41 Å². The Kier molecular flexibility index (Phi) is 8.16. The number of hydrogen-bond donors (Lipinski definition) is 1. The summed E-state index contributed by atoms with van der Waals surface area (Å²) in [6.07, 6.45) is 2.01. The molecule has 1 atom stereocenters. The van der Waals surface area contributed by atoms with E-state index in [1.807, 2.05) is 0 Å². The number of halogens is 2. The number of piperidine rings is 1. The van der Waals surface area contributed by atoms with E-state index in [-0.39, 0.29) is 30.2 Å². The summed E-state index contributed by atoms with van der Waals surface area (Å²) in [5, 5.41) is 3.41. The van der Waals surface area contributed by atoms with Crippen LogP contribution in [0.1, 0.15) is 36.5 Å². The molecule has 2 aromatic rings. The van der Waals surface area contributed by atoms with Gasteiger partial charge in [-0.05, 0) is 17.4 Å². The van der Waals surface area contributed by atoms with E-state index in [1.54, 1.807) is 11.3 Å². The molecule has 0 amide bonds. The van der Waals surface area contributed by atoms with Crippen LogP contribution in [0.15, 0.2) is 35.7 Å². The van der Waals surface area contributed by atoms with Crippen LogP contribution < -0.4 is 5.73 Å². The van der Waals surface area contributed by atoms with Crippen molar-refractivity contribution in [1.29, 1.82) is 0 Å². The molecule has 134 valence electrons. The van der Waals surface area contributed by atoms with E-state index in [0.29, 0.717) is 6.04 Å². The summed E-state index contributed by atoms with van der Waals surface area (Å²) < 4.78 is 0. The Balaban J connectivity index is 0.00000144. The highest BCUT2D eigenvalue weighted by Gasteiger charge is 2.33. The van der Waals surface area contributed by atoms with Gasteiger partial charge < -0.3 is 5.73 Å². The molecule has 1 aliphatic rings. The zero-order valence-corrected chi connectivity index (χ0v) is 16.7. The molecule has 1 saturated heterocycles. The fourth-order valence-corrected chi connectivity index (χ4v) is 3.94. The van der Waals surface area contributed by atoms with E-state index in [0.717, 1.165) is 32.5 Å². The van der Waals surface area contributed by atoms with Crippen LogP contribution in [0.25, 0.3) is 0 Å². The van der Waals surface area contributed by atoms with E-state index in [2.05, 4.69) is 54.5 Å². The first-order valence-electron chi connectivity index (χ1n) is 7.98. The van der Waals surface area contributed by atoms with E-state index in [4.69, 9.17) is 10.7 Å². The van der Waals surface area contributed by atoms with Gasteiger partial charge in [-0.25, -0.2) is 4.98 Å². The second-order valence-corrected chi connectivity index (χ2v) is 7.93. The van der Waals surface area contributed by atoms with Gasteiger partial charge in [0.1, 0.15) is 0 Å². The summed E-state index contributed by atoms with van der Waals surface area (Å²) in [5.41, 5.74) is 8.94. The Bertz CT molecular complexity index is 616. The van der Waals surface area contributed by atoms with Crippen molar-refractivity contribution in [2.24, 2.45) is 11.1 Å². The quantitative estimate of drug-likeness (QED) is 0.856. The van der Waals surface area contributed by atoms with Crippen LogP contribution in [0.4, 0.5) is 0 Å². The summed E-state index contributed by atoms with van der Waals surface area (Å²) >= 11 is 1.77. The third-order valence-corrected chi connectivity index (χ3v) is 5.47. The number of hydrogen-bond acceptors (Lipinski definition) is 4. The summed E-state index contributed by atoms with van der Waals surface area (Å²) in [5.74, 6) is 0. The number of likely N-dealkylation sites (tertiary alicyclic amines) is 1. The molecular weight excluding hydrogens is 361 g/mol. The summed E-state index contributed by atoms with van der Waals surface area (Å²) in [6.45, 7) is 7.62. The van der Waals surface area contributed by atoms with Gasteiger partial charge in [-0.2, -0.15) is 0 Å². The highest BCUT2D eigenvalue weighted by molar-refractivity contribution is 7.09. The van der Waals surface area contributed by atoms with Crippen molar-refractivity contribution in [1.82, 2.24) is 9.88 Å². The normalized spacial score (nSPS) is 20.0. The van der Waals surface area contributed by atoms with Crippen LogP contribution in [-0.4, -0.2) is 29.0 Å². The lowest BCUT2D eigenvalue weighted by Crippen LogP contribution is -2.52. The number of thiazole rings is 1. The molecule has 2 N–H and O–H groups in total. The Morgan fingerprint density at radius 3 is 2.62 bits per heavy atom. The molecule has 0 aliphatic carbocycles. The summed E-state index contributed by atoms with van der Waals surface area (Å²) in [4.78, 5) is 7.30. The van der Waals surface area contributed by atoms with Gasteiger partial charge in [0, 0.05) is 37.5 Å². The Hall–Kier alpha value is -0.650. The van der Waals surface area contributed by atoms with Crippen LogP contribution in [-0.2, 0) is 13.0 Å². The molecule has 1 aliphatic heterocycles. The minimum absolute atomic E-state index is 0. The van der Waals surface area contributed by atoms with E-state index in [1.165, 1.54) is 16.3 Å². The minimum Gasteiger partial charge on any atom is -0.327 e. The maximum atomic E-state index is 6.22. The molecule has 24 heavy (non-hydrogen) atoms. The molecule has 1 aromatic heterocycles. The zero-order valence-electron chi connectivity index (χ0n) is 14.3. The van der Waals surface area contributed by atoms with Crippen LogP contribution >= 0.6 is 36.2 Å². The first kappa shape index (κ1) is 21.4. The standard InChI is InChI=1S/C18H25N3S.2ClH/c1-18(2)13-21(9-8-16(18)19)11-15-12-22-17(20-15)10-14-6-4-3-5-7-14;;/h3-7,12,16H,8-11,13,19H2,1-2H3;2*1H. The van der Waals surface area contributed by atoms with Gasteiger partial charge in [0.15, 0.2) is 0 Å². The lowest BCUT2D eigenvalue weighted by Gasteiger charge is -2.42. The molecule has 3 nitrogen and oxygen atoms in total. The van der Waals surface area contributed by atoms with E-state index < -0.39 is 0 Å². The van der Waals surface area contributed by atoms with Crippen LogP contribution in [0.2, 0.25) is 0 Å². The molecule has 2 heterocycles. The van der Waals surface area contributed by atoms with Gasteiger partial charge in [0.2, 0.25) is 0 Å². The maximum absolute atomic E-state index is 6.22. The van der Waals surface area contributed by atoms with Crippen LogP contribution in [0.5, 0.6) is 0 Å². The van der Waals surface area contributed by atoms with Gasteiger partial charge >= 0.3 is 0 Å². The Morgan fingerprint density at radius 2 is 1.96 bits per heavy atom. The molecule has 1 fully saturated rings. The summed E-state index contributed by atoms with van der Waals surface area (Å²) in [7, 11) is 0. The van der Waals surface area contributed by atoms with Crippen molar-refractivity contribution < 1.29 is 0 Å². The lowest BCUT2D eigenvalue weighted by atomic mass is 9.80. The zero-order chi connectivity index (χ0) is 15.6. The second kappa shape index (κ2) is 9.16. The van der Waals surface area contributed by atoms with E-state index >= 15 is 0 Å². The minimum atomic E-state index is 0. The maximum Gasteiger partial charge on any atom is 0.0972 e. The number of rotatable bonds is 4. The largest absolute Gasteiger partial charge is 0.327 e. The smallest absolute Gasteiger partial charge is 0.0972 e. The van der Waals surface area contributed by atoms with Crippen molar-refractivity contribution in [2.75, 3.05) is 13.1 Å². The molecule has 0 bridgehead atoms. The van der Waals surface area contributed by atoms with Crippen molar-refractivity contribution in [3.05, 3.63) is 52.0 Å². The second-order valence-electron chi connectivity index (χ2n) is 6.99. The monoisotopic (exact) mass is 387 g/mol. The van der Waals surface area contributed by atoms with Gasteiger partial charge in [0.05, 0.1) is 10.7 Å². The fourth-order valence-electron chi connectivity index (χ4n) is 3.12. The average Bonchev–Trinajstić information content (AvgIpc) is 2.91. The fraction of sp³-hybridized carbons (Fsp3) is 0.500. The molecule has 0 spiro atoms. The highest BCUT2D eigenvalue weighted by Crippen LogP contribution is 2.28. The molecule has 0 saturated carbocycles. The topological polar surface area (TPSA) is 42.2 Å². The summed E-state index contributed by atoms with van der Waals surface area (Å²) in [6, 6.07) is 10.9. The number of nitrogens with zero attached hydrogens (tertiary/aromatic N) is 2. The molecular formula is C18H27Cl2N3S. The Labute approximate surface area is 161 Å². The lowest BCUT2D eigenvalue weighted by molar-refractivity contribution is 0.0890. The van der Waals surface area contributed by atoms with Crippen molar-refractivity contribution in [2.45, 2.75) is 39.3 Å². The highest BCUT2D eigenvalue weighted by atomic mass is 35.5. The number of benzene rings is 1. The third kappa shape index (κ3) is 5.43. The molecule has 6 heteroatoms. The van der Waals surface area contributed by atoms with E-state index in [9.17, 15) is 0 Å². The molecule has 3 rings (SSSR count). The molecule has 1 aromatic carbocycles. The Morgan fingerprint density at radius 1 is 1.25 bits per heavy atom. The third-order valence-electron chi connectivity index (χ3n) is 4.57. The number of aromatic nitrogens is 1.